The summed E-state index contributed by atoms with van der Waals surface area (Å²) in [6, 6.07) is 10.2. The van der Waals surface area contributed by atoms with Crippen LogP contribution < -0.4 is 0 Å². The first-order valence-corrected chi connectivity index (χ1v) is 10.5. The zero-order chi connectivity index (χ0) is 19.7. The molecular weight excluding hydrogens is 334 g/mol. The van der Waals surface area contributed by atoms with Gasteiger partial charge in [-0.1, -0.05) is 68.7 Å². The average Bonchev–Trinajstić information content (AvgIpc) is 2.69. The van der Waals surface area contributed by atoms with Crippen LogP contribution in [0.5, 0.6) is 0 Å². The molecule has 0 unspecified atom stereocenters. The highest BCUT2D eigenvalue weighted by atomic mass is 16.5. The van der Waals surface area contributed by atoms with Gasteiger partial charge in [-0.3, -0.25) is 4.79 Å². The Morgan fingerprint density at radius 3 is 2.44 bits per heavy atom. The second kappa shape index (κ2) is 15.2. The molecule has 0 saturated heterocycles. The highest BCUT2D eigenvalue weighted by Gasteiger charge is 2.07. The highest BCUT2D eigenvalue weighted by molar-refractivity contribution is 5.88. The number of benzene rings is 1. The number of unbranched alkanes of at least 4 members (excludes halogenated alkanes) is 3. The van der Waals surface area contributed by atoms with Gasteiger partial charge in [0.2, 0.25) is 5.91 Å². The highest BCUT2D eigenvalue weighted by Crippen LogP contribution is 2.13. The Kier molecular flexibility index (Phi) is 13.1. The van der Waals surface area contributed by atoms with Gasteiger partial charge >= 0.3 is 0 Å². The maximum atomic E-state index is 12.4. The number of nitrogens with zero attached hydrogens (tertiary/aromatic N) is 1. The van der Waals surface area contributed by atoms with Crippen molar-refractivity contribution >= 4 is 5.91 Å². The van der Waals surface area contributed by atoms with Gasteiger partial charge in [0.25, 0.3) is 0 Å². The van der Waals surface area contributed by atoms with Crippen LogP contribution in [0, 0.1) is 0 Å². The summed E-state index contributed by atoms with van der Waals surface area (Å²) in [6.07, 6.45) is 12.7. The second-order valence-electron chi connectivity index (χ2n) is 6.77. The standard InChI is InChI=1S/C24H37NO2/c1-4-7-8-10-15-22(20-24(26)25(5-2)6-3)16-13-14-19-27-21-23-17-11-9-12-18-23/h9,11-13,16-18,20H,4-8,10,14-15,19,21H2,1-3H3. The van der Waals surface area contributed by atoms with E-state index in [1.807, 2.05) is 43.0 Å². The van der Waals surface area contributed by atoms with Gasteiger partial charge in [0.15, 0.2) is 0 Å². The summed E-state index contributed by atoms with van der Waals surface area (Å²) in [5.74, 6) is 0.121. The number of hydrogen-bond donors (Lipinski definition) is 0. The minimum atomic E-state index is 0.121. The molecular formula is C24H37NO2. The molecule has 0 radical (unpaired) electrons. The number of rotatable bonds is 14. The summed E-state index contributed by atoms with van der Waals surface area (Å²) >= 11 is 0. The van der Waals surface area contributed by atoms with Crippen molar-refractivity contribution in [2.75, 3.05) is 19.7 Å². The number of carbonyl (C=O) groups excluding carboxylic acids is 1. The van der Waals surface area contributed by atoms with Gasteiger partial charge in [-0.2, -0.15) is 0 Å². The minimum absolute atomic E-state index is 0.121. The maximum absolute atomic E-state index is 12.4. The maximum Gasteiger partial charge on any atom is 0.246 e. The molecule has 0 N–H and O–H groups in total. The Balaban J connectivity index is 2.48. The molecule has 0 bridgehead atoms. The van der Waals surface area contributed by atoms with Crippen LogP contribution in [-0.2, 0) is 16.1 Å². The summed E-state index contributed by atoms with van der Waals surface area (Å²) in [7, 11) is 0. The van der Waals surface area contributed by atoms with Crippen LogP contribution in [0.15, 0.2) is 54.1 Å². The van der Waals surface area contributed by atoms with Crippen molar-refractivity contribution in [2.45, 2.75) is 65.9 Å². The minimum Gasteiger partial charge on any atom is -0.376 e. The van der Waals surface area contributed by atoms with Crippen molar-refractivity contribution in [1.29, 1.82) is 0 Å². The first-order chi connectivity index (χ1) is 13.2. The summed E-state index contributed by atoms with van der Waals surface area (Å²) in [4.78, 5) is 14.3. The van der Waals surface area contributed by atoms with Gasteiger partial charge in [0.05, 0.1) is 13.2 Å². The quantitative estimate of drug-likeness (QED) is 0.231. The molecule has 150 valence electrons. The van der Waals surface area contributed by atoms with Crippen molar-refractivity contribution in [1.82, 2.24) is 4.90 Å². The van der Waals surface area contributed by atoms with Gasteiger partial charge in [-0.05, 0) is 44.2 Å². The van der Waals surface area contributed by atoms with Crippen molar-refractivity contribution < 1.29 is 9.53 Å². The van der Waals surface area contributed by atoms with Crippen molar-refractivity contribution in [3.63, 3.8) is 0 Å². The molecule has 1 amide bonds. The number of hydrogen-bond acceptors (Lipinski definition) is 2. The van der Waals surface area contributed by atoms with Crippen molar-refractivity contribution in [3.05, 3.63) is 59.7 Å². The lowest BCUT2D eigenvalue weighted by molar-refractivity contribution is -0.125. The van der Waals surface area contributed by atoms with E-state index in [0.29, 0.717) is 13.2 Å². The zero-order valence-corrected chi connectivity index (χ0v) is 17.5. The molecule has 0 aliphatic heterocycles. The van der Waals surface area contributed by atoms with Gasteiger partial charge in [0, 0.05) is 19.2 Å². The predicted molar refractivity (Wildman–Crippen MR) is 115 cm³/mol. The monoisotopic (exact) mass is 371 g/mol. The van der Waals surface area contributed by atoms with E-state index in [1.54, 1.807) is 0 Å². The van der Waals surface area contributed by atoms with Gasteiger partial charge in [-0.15, -0.1) is 0 Å². The smallest absolute Gasteiger partial charge is 0.246 e. The zero-order valence-electron chi connectivity index (χ0n) is 17.5. The summed E-state index contributed by atoms with van der Waals surface area (Å²) in [6.45, 7) is 9.12. The molecule has 3 nitrogen and oxygen atoms in total. The van der Waals surface area contributed by atoms with Crippen LogP contribution in [0.4, 0.5) is 0 Å². The van der Waals surface area contributed by atoms with E-state index in [9.17, 15) is 4.79 Å². The molecule has 0 heterocycles. The third kappa shape index (κ3) is 10.8. The topological polar surface area (TPSA) is 29.5 Å². The van der Waals surface area contributed by atoms with E-state index in [1.165, 1.54) is 24.8 Å². The molecule has 0 aliphatic rings. The Hall–Kier alpha value is -1.87. The fourth-order valence-electron chi connectivity index (χ4n) is 2.90. The number of allylic oxidation sites excluding steroid dienone is 2. The number of likely N-dealkylation sites (N-methyl/N-ethyl adjacent to an activating group) is 1. The Morgan fingerprint density at radius 2 is 1.78 bits per heavy atom. The molecule has 0 aliphatic carbocycles. The lowest BCUT2D eigenvalue weighted by atomic mass is 10.0. The molecule has 1 aromatic rings. The van der Waals surface area contributed by atoms with Crippen LogP contribution in [0.3, 0.4) is 0 Å². The van der Waals surface area contributed by atoms with Gasteiger partial charge in [0.1, 0.15) is 0 Å². The predicted octanol–water partition coefficient (Wildman–Crippen LogP) is 5.91. The van der Waals surface area contributed by atoms with E-state index in [0.717, 1.165) is 37.9 Å². The number of ether oxygens (including phenoxy) is 1. The molecule has 1 rings (SSSR count). The van der Waals surface area contributed by atoms with E-state index >= 15 is 0 Å². The third-order valence-electron chi connectivity index (χ3n) is 4.58. The van der Waals surface area contributed by atoms with E-state index in [4.69, 9.17) is 4.74 Å². The molecule has 0 saturated carbocycles. The average molecular weight is 372 g/mol. The Bertz CT molecular complexity index is 559. The van der Waals surface area contributed by atoms with Gasteiger partial charge in [-0.25, -0.2) is 0 Å². The first-order valence-electron chi connectivity index (χ1n) is 10.5. The van der Waals surface area contributed by atoms with E-state index in [-0.39, 0.29) is 5.91 Å². The third-order valence-corrected chi connectivity index (χ3v) is 4.58. The SMILES string of the molecule is CCCCCCC(C=CCCOCc1ccccc1)=CC(=O)N(CC)CC. The lowest BCUT2D eigenvalue weighted by Crippen LogP contribution is -2.29. The number of carbonyl (C=O) groups is 1. The fraction of sp³-hybridized carbons (Fsp3) is 0.542. The summed E-state index contributed by atoms with van der Waals surface area (Å²) < 4.78 is 5.72. The van der Waals surface area contributed by atoms with Crippen molar-refractivity contribution in [2.24, 2.45) is 0 Å². The van der Waals surface area contributed by atoms with Crippen LogP contribution in [0.1, 0.15) is 64.9 Å². The van der Waals surface area contributed by atoms with E-state index < -0.39 is 0 Å². The largest absolute Gasteiger partial charge is 0.376 e. The van der Waals surface area contributed by atoms with Crippen molar-refractivity contribution in [3.8, 4) is 0 Å². The summed E-state index contributed by atoms with van der Waals surface area (Å²) in [5.41, 5.74) is 2.33. The molecule has 3 heteroatoms. The van der Waals surface area contributed by atoms with Crippen LogP contribution >= 0.6 is 0 Å². The normalized spacial score (nSPS) is 11.9. The Morgan fingerprint density at radius 1 is 1.04 bits per heavy atom. The molecule has 0 atom stereocenters. The van der Waals surface area contributed by atoms with Crippen LogP contribution in [-0.4, -0.2) is 30.5 Å². The van der Waals surface area contributed by atoms with E-state index in [2.05, 4.69) is 31.2 Å². The first kappa shape index (κ1) is 23.2. The second-order valence-corrected chi connectivity index (χ2v) is 6.77. The fourth-order valence-corrected chi connectivity index (χ4v) is 2.90. The molecule has 1 aromatic carbocycles. The molecule has 0 fully saturated rings. The number of amides is 1. The molecule has 0 spiro atoms. The van der Waals surface area contributed by atoms with Crippen LogP contribution in [0.25, 0.3) is 0 Å². The summed E-state index contributed by atoms with van der Waals surface area (Å²) in [5, 5.41) is 0. The lowest BCUT2D eigenvalue weighted by Gasteiger charge is -2.17. The van der Waals surface area contributed by atoms with Gasteiger partial charge < -0.3 is 9.64 Å². The van der Waals surface area contributed by atoms with Crippen LogP contribution in [0.2, 0.25) is 0 Å². The Labute approximate surface area is 166 Å². The molecule has 27 heavy (non-hydrogen) atoms. The molecule has 0 aromatic heterocycles.